The molecule has 0 saturated carbocycles. The zero-order valence-corrected chi connectivity index (χ0v) is 11.1. The Morgan fingerprint density at radius 2 is 2.30 bits per heavy atom. The molecule has 1 atom stereocenters. The summed E-state index contributed by atoms with van der Waals surface area (Å²) in [4.78, 5) is 16.4. The number of amides is 1. The van der Waals surface area contributed by atoms with Gasteiger partial charge < -0.3 is 15.4 Å². The van der Waals surface area contributed by atoms with Crippen LogP contribution in [0.4, 0.5) is 5.69 Å². The van der Waals surface area contributed by atoms with Gasteiger partial charge in [-0.1, -0.05) is 18.2 Å². The van der Waals surface area contributed by atoms with Gasteiger partial charge in [0.1, 0.15) is 0 Å². The van der Waals surface area contributed by atoms with E-state index in [0.29, 0.717) is 19.6 Å². The Balaban J connectivity index is 1.71. The summed E-state index contributed by atoms with van der Waals surface area (Å²) >= 11 is 0. The lowest BCUT2D eigenvalue weighted by molar-refractivity contribution is -0.117. The fourth-order valence-corrected chi connectivity index (χ4v) is 2.38. The van der Waals surface area contributed by atoms with Gasteiger partial charge in [0.15, 0.2) is 0 Å². The van der Waals surface area contributed by atoms with Gasteiger partial charge >= 0.3 is 0 Å². The van der Waals surface area contributed by atoms with E-state index in [9.17, 15) is 4.79 Å². The molecular formula is C15H17N3O2. The fourth-order valence-electron chi connectivity index (χ4n) is 2.38. The maximum Gasteiger partial charge on any atom is 0.226 e. The molecule has 1 amide bonds. The molecular weight excluding hydrogens is 254 g/mol. The molecule has 1 aliphatic rings. The lowest BCUT2D eigenvalue weighted by atomic mass is 10.1. The van der Waals surface area contributed by atoms with Gasteiger partial charge in [-0.15, -0.1) is 0 Å². The lowest BCUT2D eigenvalue weighted by Gasteiger charge is -2.23. The van der Waals surface area contributed by atoms with E-state index in [0.717, 1.165) is 23.1 Å². The number of hydrogen-bond acceptors (Lipinski definition) is 4. The zero-order valence-electron chi connectivity index (χ0n) is 11.1. The molecule has 5 heteroatoms. The standard InChI is InChI=1S/C15H17N3O2/c19-14(9-12-10-20-8-7-16-12)18-13-5-1-3-11-4-2-6-17-15(11)13/h1-6,12,16H,7-10H2,(H,18,19)/t12-/m1/s1. The number of carbonyl (C=O) groups excluding carboxylic acids is 1. The van der Waals surface area contributed by atoms with Gasteiger partial charge in [0.05, 0.1) is 24.4 Å². The number of morpholine rings is 1. The predicted molar refractivity (Wildman–Crippen MR) is 77.6 cm³/mol. The normalized spacial score (nSPS) is 18.9. The summed E-state index contributed by atoms with van der Waals surface area (Å²) in [6.07, 6.45) is 2.14. The van der Waals surface area contributed by atoms with Crippen LogP contribution in [-0.2, 0) is 9.53 Å². The van der Waals surface area contributed by atoms with E-state index in [1.807, 2.05) is 30.3 Å². The molecule has 2 heterocycles. The number of fused-ring (bicyclic) bond motifs is 1. The van der Waals surface area contributed by atoms with E-state index in [-0.39, 0.29) is 11.9 Å². The van der Waals surface area contributed by atoms with Gasteiger partial charge in [-0.25, -0.2) is 0 Å². The molecule has 0 radical (unpaired) electrons. The highest BCUT2D eigenvalue weighted by molar-refractivity contribution is 6.00. The third-order valence-corrected chi connectivity index (χ3v) is 3.34. The number of para-hydroxylation sites is 1. The minimum atomic E-state index is -0.0221. The van der Waals surface area contributed by atoms with Gasteiger partial charge in [0.25, 0.3) is 0 Å². The average molecular weight is 271 g/mol. The number of hydrogen-bond donors (Lipinski definition) is 2. The fraction of sp³-hybridized carbons (Fsp3) is 0.333. The number of benzene rings is 1. The Morgan fingerprint density at radius 1 is 1.40 bits per heavy atom. The number of aromatic nitrogens is 1. The molecule has 3 rings (SSSR count). The topological polar surface area (TPSA) is 63.2 Å². The molecule has 20 heavy (non-hydrogen) atoms. The summed E-state index contributed by atoms with van der Waals surface area (Å²) in [5.41, 5.74) is 1.57. The Kier molecular flexibility index (Phi) is 3.90. The maximum atomic E-state index is 12.1. The molecule has 0 unspecified atom stereocenters. The smallest absolute Gasteiger partial charge is 0.226 e. The van der Waals surface area contributed by atoms with Crippen LogP contribution in [0.15, 0.2) is 36.5 Å². The summed E-state index contributed by atoms with van der Waals surface area (Å²) in [5.74, 6) is -0.0221. The van der Waals surface area contributed by atoms with E-state index in [2.05, 4.69) is 15.6 Å². The highest BCUT2D eigenvalue weighted by Gasteiger charge is 2.17. The van der Waals surface area contributed by atoms with Crippen molar-refractivity contribution < 1.29 is 9.53 Å². The van der Waals surface area contributed by atoms with Crippen LogP contribution in [0.3, 0.4) is 0 Å². The number of pyridine rings is 1. The molecule has 1 aromatic carbocycles. The van der Waals surface area contributed by atoms with Crippen LogP contribution in [0, 0.1) is 0 Å². The second kappa shape index (κ2) is 5.98. The van der Waals surface area contributed by atoms with E-state index < -0.39 is 0 Å². The molecule has 1 aromatic heterocycles. The number of nitrogens with zero attached hydrogens (tertiary/aromatic N) is 1. The minimum absolute atomic E-state index is 0.0221. The molecule has 1 aliphatic heterocycles. The number of rotatable bonds is 3. The molecule has 0 aliphatic carbocycles. The van der Waals surface area contributed by atoms with Crippen LogP contribution in [-0.4, -0.2) is 36.7 Å². The number of nitrogens with one attached hydrogen (secondary N) is 2. The SMILES string of the molecule is O=C(C[C@@H]1COCCN1)Nc1cccc2cccnc12. The zero-order chi connectivity index (χ0) is 13.8. The Labute approximate surface area is 117 Å². The number of ether oxygens (including phenoxy) is 1. The molecule has 5 nitrogen and oxygen atoms in total. The average Bonchev–Trinajstić information content (AvgIpc) is 2.48. The molecule has 1 fully saturated rings. The van der Waals surface area contributed by atoms with Gasteiger partial charge in [-0.2, -0.15) is 0 Å². The van der Waals surface area contributed by atoms with E-state index in [1.165, 1.54) is 0 Å². The second-order valence-electron chi connectivity index (χ2n) is 4.86. The summed E-state index contributed by atoms with van der Waals surface area (Å²) in [6, 6.07) is 9.73. The van der Waals surface area contributed by atoms with Gasteiger partial charge in [0.2, 0.25) is 5.91 Å². The molecule has 104 valence electrons. The number of carbonyl (C=O) groups is 1. The van der Waals surface area contributed by atoms with E-state index in [4.69, 9.17) is 4.74 Å². The van der Waals surface area contributed by atoms with Crippen LogP contribution in [0.1, 0.15) is 6.42 Å². The first-order valence-electron chi connectivity index (χ1n) is 6.77. The Bertz CT molecular complexity index is 604. The van der Waals surface area contributed by atoms with Crippen molar-refractivity contribution in [2.75, 3.05) is 25.1 Å². The maximum absolute atomic E-state index is 12.1. The van der Waals surface area contributed by atoms with Gasteiger partial charge in [0, 0.05) is 30.6 Å². The molecule has 2 N–H and O–H groups in total. The third kappa shape index (κ3) is 2.95. The number of anilines is 1. The highest BCUT2D eigenvalue weighted by atomic mass is 16.5. The first-order chi connectivity index (χ1) is 9.83. The summed E-state index contributed by atoms with van der Waals surface area (Å²) in [7, 11) is 0. The van der Waals surface area contributed by atoms with Crippen molar-refractivity contribution in [3.63, 3.8) is 0 Å². The molecule has 2 aromatic rings. The summed E-state index contributed by atoms with van der Waals surface area (Å²) in [6.45, 7) is 2.10. The van der Waals surface area contributed by atoms with Crippen molar-refractivity contribution in [3.8, 4) is 0 Å². The molecule has 0 bridgehead atoms. The van der Waals surface area contributed by atoms with Crippen LogP contribution in [0.2, 0.25) is 0 Å². The lowest BCUT2D eigenvalue weighted by Crippen LogP contribution is -2.43. The largest absolute Gasteiger partial charge is 0.378 e. The van der Waals surface area contributed by atoms with Gasteiger partial charge in [-0.3, -0.25) is 9.78 Å². The first-order valence-corrected chi connectivity index (χ1v) is 6.77. The van der Waals surface area contributed by atoms with Crippen molar-refractivity contribution in [2.24, 2.45) is 0 Å². The van der Waals surface area contributed by atoms with E-state index in [1.54, 1.807) is 6.20 Å². The molecule has 1 saturated heterocycles. The van der Waals surface area contributed by atoms with Crippen molar-refractivity contribution in [1.29, 1.82) is 0 Å². The van der Waals surface area contributed by atoms with Crippen LogP contribution in [0.5, 0.6) is 0 Å². The van der Waals surface area contributed by atoms with Crippen molar-refractivity contribution in [2.45, 2.75) is 12.5 Å². The van der Waals surface area contributed by atoms with Crippen molar-refractivity contribution >= 4 is 22.5 Å². The summed E-state index contributed by atoms with van der Waals surface area (Å²) in [5, 5.41) is 7.22. The highest BCUT2D eigenvalue weighted by Crippen LogP contribution is 2.20. The van der Waals surface area contributed by atoms with Crippen molar-refractivity contribution in [1.82, 2.24) is 10.3 Å². The Morgan fingerprint density at radius 3 is 3.15 bits per heavy atom. The third-order valence-electron chi connectivity index (χ3n) is 3.34. The quantitative estimate of drug-likeness (QED) is 0.889. The second-order valence-corrected chi connectivity index (χ2v) is 4.86. The van der Waals surface area contributed by atoms with E-state index >= 15 is 0 Å². The first kappa shape index (κ1) is 13.0. The van der Waals surface area contributed by atoms with Crippen LogP contribution >= 0.6 is 0 Å². The minimum Gasteiger partial charge on any atom is -0.378 e. The Hall–Kier alpha value is -1.98. The molecule has 0 spiro atoms. The monoisotopic (exact) mass is 271 g/mol. The predicted octanol–water partition coefficient (Wildman–Crippen LogP) is 1.55. The van der Waals surface area contributed by atoms with Crippen molar-refractivity contribution in [3.05, 3.63) is 36.5 Å². The van der Waals surface area contributed by atoms with Crippen LogP contribution in [0.25, 0.3) is 10.9 Å². The van der Waals surface area contributed by atoms with Crippen LogP contribution < -0.4 is 10.6 Å². The van der Waals surface area contributed by atoms with Gasteiger partial charge in [-0.05, 0) is 12.1 Å². The summed E-state index contributed by atoms with van der Waals surface area (Å²) < 4.78 is 5.35.